The average molecular weight is 244 g/mol. The van der Waals surface area contributed by atoms with Crippen LogP contribution in [0.4, 0.5) is 0 Å². The summed E-state index contributed by atoms with van der Waals surface area (Å²) in [6.07, 6.45) is 4.17. The van der Waals surface area contributed by atoms with Gasteiger partial charge in [0.2, 0.25) is 5.91 Å². The van der Waals surface area contributed by atoms with Crippen molar-refractivity contribution < 1.29 is 4.79 Å². The van der Waals surface area contributed by atoms with Gasteiger partial charge in [-0.2, -0.15) is 0 Å². The zero-order valence-corrected chi connectivity index (χ0v) is 10.6. The quantitative estimate of drug-likeness (QED) is 0.853. The average Bonchev–Trinajstić information content (AvgIpc) is 3.05. The highest BCUT2D eigenvalue weighted by Gasteiger charge is 2.33. The summed E-state index contributed by atoms with van der Waals surface area (Å²) in [5.41, 5.74) is 8.93. The molecular weight excluding hydrogens is 224 g/mol. The minimum absolute atomic E-state index is 0.158. The number of nitrogens with zero attached hydrogens (tertiary/aromatic N) is 1. The van der Waals surface area contributed by atoms with Crippen LogP contribution in [0.1, 0.15) is 24.0 Å². The van der Waals surface area contributed by atoms with E-state index in [1.165, 1.54) is 11.1 Å². The molecule has 0 spiro atoms. The number of fused-ring (bicyclic) bond motifs is 1. The highest BCUT2D eigenvalue weighted by molar-refractivity contribution is 5.82. The van der Waals surface area contributed by atoms with Crippen molar-refractivity contribution in [2.24, 2.45) is 11.7 Å². The van der Waals surface area contributed by atoms with Gasteiger partial charge in [-0.3, -0.25) is 4.79 Å². The molecule has 18 heavy (non-hydrogen) atoms. The topological polar surface area (TPSA) is 46.3 Å². The van der Waals surface area contributed by atoms with Crippen LogP contribution < -0.4 is 5.73 Å². The molecule has 0 saturated carbocycles. The summed E-state index contributed by atoms with van der Waals surface area (Å²) in [7, 11) is 0. The first-order valence-corrected chi connectivity index (χ1v) is 6.87. The van der Waals surface area contributed by atoms with Crippen LogP contribution in [0.15, 0.2) is 24.3 Å². The summed E-state index contributed by atoms with van der Waals surface area (Å²) in [4.78, 5) is 14.2. The van der Waals surface area contributed by atoms with Crippen LogP contribution in [-0.2, 0) is 17.6 Å². The Kier molecular flexibility index (Phi) is 3.08. The van der Waals surface area contributed by atoms with E-state index in [4.69, 9.17) is 5.73 Å². The number of carbonyl (C=O) groups excluding carboxylic acids is 1. The highest BCUT2D eigenvalue weighted by atomic mass is 16.2. The first kappa shape index (κ1) is 11.7. The third kappa shape index (κ3) is 2.03. The van der Waals surface area contributed by atoms with E-state index < -0.39 is 0 Å². The molecule has 96 valence electrons. The van der Waals surface area contributed by atoms with Gasteiger partial charge >= 0.3 is 0 Å². The van der Waals surface area contributed by atoms with Gasteiger partial charge in [0.1, 0.15) is 0 Å². The standard InChI is InChI=1S/C15H20N2O/c16-14(15(18)17-7-3-4-8-17)13-9-11-5-1-2-6-12(11)10-13/h1-2,5-6,13-14H,3-4,7-10,16H2. The fourth-order valence-corrected chi connectivity index (χ4v) is 3.20. The maximum absolute atomic E-state index is 12.3. The third-order valence-corrected chi connectivity index (χ3v) is 4.29. The van der Waals surface area contributed by atoms with E-state index >= 15 is 0 Å². The Morgan fingerprint density at radius 3 is 2.28 bits per heavy atom. The second-order valence-electron chi connectivity index (χ2n) is 5.50. The van der Waals surface area contributed by atoms with Crippen LogP contribution >= 0.6 is 0 Å². The molecule has 1 aliphatic carbocycles. The Bertz CT molecular complexity index is 427. The number of amides is 1. The highest BCUT2D eigenvalue weighted by Crippen LogP contribution is 2.29. The van der Waals surface area contributed by atoms with Crippen LogP contribution in [0.5, 0.6) is 0 Å². The number of rotatable bonds is 2. The summed E-state index contributed by atoms with van der Waals surface area (Å²) in [5.74, 6) is 0.445. The SMILES string of the molecule is NC(C(=O)N1CCCC1)C1Cc2ccccc2C1. The monoisotopic (exact) mass is 244 g/mol. The molecule has 1 fully saturated rings. The predicted octanol–water partition coefficient (Wildman–Crippen LogP) is 1.35. The molecular formula is C15H20N2O. The number of benzene rings is 1. The molecule has 0 aromatic heterocycles. The van der Waals surface area contributed by atoms with E-state index in [1.807, 2.05) is 4.90 Å². The smallest absolute Gasteiger partial charge is 0.239 e. The van der Waals surface area contributed by atoms with Gasteiger partial charge in [-0.1, -0.05) is 24.3 Å². The number of nitrogens with two attached hydrogens (primary N) is 1. The Balaban J connectivity index is 1.68. The largest absolute Gasteiger partial charge is 0.341 e. The summed E-state index contributed by atoms with van der Waals surface area (Å²) in [6.45, 7) is 1.79. The van der Waals surface area contributed by atoms with E-state index in [2.05, 4.69) is 24.3 Å². The van der Waals surface area contributed by atoms with Gasteiger partial charge in [0.05, 0.1) is 6.04 Å². The first-order valence-electron chi connectivity index (χ1n) is 6.87. The Labute approximate surface area is 108 Å². The Hall–Kier alpha value is -1.35. The van der Waals surface area contributed by atoms with Gasteiger partial charge in [-0.25, -0.2) is 0 Å². The van der Waals surface area contributed by atoms with E-state index in [1.54, 1.807) is 0 Å². The number of hydrogen-bond donors (Lipinski definition) is 1. The third-order valence-electron chi connectivity index (χ3n) is 4.29. The van der Waals surface area contributed by atoms with Crippen LogP contribution in [0.25, 0.3) is 0 Å². The Morgan fingerprint density at radius 2 is 1.72 bits per heavy atom. The molecule has 1 aromatic rings. The van der Waals surface area contributed by atoms with Crippen LogP contribution in [-0.4, -0.2) is 29.9 Å². The molecule has 2 aliphatic rings. The lowest BCUT2D eigenvalue weighted by Crippen LogP contribution is -2.47. The fourth-order valence-electron chi connectivity index (χ4n) is 3.20. The molecule has 1 amide bonds. The van der Waals surface area contributed by atoms with Crippen molar-refractivity contribution in [1.29, 1.82) is 0 Å². The number of carbonyl (C=O) groups is 1. The van der Waals surface area contributed by atoms with Gasteiger partial charge < -0.3 is 10.6 Å². The molecule has 1 heterocycles. The summed E-state index contributed by atoms with van der Waals surface area (Å²) < 4.78 is 0. The Morgan fingerprint density at radius 1 is 1.17 bits per heavy atom. The van der Waals surface area contributed by atoms with Gasteiger partial charge in [0.25, 0.3) is 0 Å². The normalized spacial score (nSPS) is 21.1. The minimum Gasteiger partial charge on any atom is -0.341 e. The molecule has 2 N–H and O–H groups in total. The number of hydrogen-bond acceptors (Lipinski definition) is 2. The predicted molar refractivity (Wildman–Crippen MR) is 71.1 cm³/mol. The van der Waals surface area contributed by atoms with Crippen molar-refractivity contribution in [2.75, 3.05) is 13.1 Å². The lowest BCUT2D eigenvalue weighted by Gasteiger charge is -2.24. The van der Waals surface area contributed by atoms with Crippen molar-refractivity contribution in [3.8, 4) is 0 Å². The minimum atomic E-state index is -0.324. The second-order valence-corrected chi connectivity index (χ2v) is 5.50. The zero-order chi connectivity index (χ0) is 12.5. The van der Waals surface area contributed by atoms with E-state index in [0.717, 1.165) is 38.8 Å². The van der Waals surface area contributed by atoms with Crippen LogP contribution in [0.2, 0.25) is 0 Å². The summed E-state index contributed by atoms with van der Waals surface area (Å²) >= 11 is 0. The molecule has 3 rings (SSSR count). The van der Waals surface area contributed by atoms with Crippen molar-refractivity contribution in [1.82, 2.24) is 4.90 Å². The molecule has 3 nitrogen and oxygen atoms in total. The van der Waals surface area contributed by atoms with E-state index in [0.29, 0.717) is 0 Å². The summed E-state index contributed by atoms with van der Waals surface area (Å²) in [6, 6.07) is 8.12. The van der Waals surface area contributed by atoms with Gasteiger partial charge in [-0.15, -0.1) is 0 Å². The van der Waals surface area contributed by atoms with E-state index in [9.17, 15) is 4.79 Å². The second kappa shape index (κ2) is 4.73. The fraction of sp³-hybridized carbons (Fsp3) is 0.533. The zero-order valence-electron chi connectivity index (χ0n) is 10.6. The molecule has 1 saturated heterocycles. The molecule has 1 aliphatic heterocycles. The molecule has 3 heteroatoms. The molecule has 1 atom stereocenters. The van der Waals surface area contributed by atoms with Crippen LogP contribution in [0, 0.1) is 5.92 Å². The lowest BCUT2D eigenvalue weighted by atomic mass is 9.96. The van der Waals surface area contributed by atoms with Crippen molar-refractivity contribution in [3.05, 3.63) is 35.4 Å². The van der Waals surface area contributed by atoms with Crippen LogP contribution in [0.3, 0.4) is 0 Å². The molecule has 0 bridgehead atoms. The first-order chi connectivity index (χ1) is 8.75. The van der Waals surface area contributed by atoms with Gasteiger partial charge in [0.15, 0.2) is 0 Å². The van der Waals surface area contributed by atoms with Crippen molar-refractivity contribution >= 4 is 5.91 Å². The number of likely N-dealkylation sites (tertiary alicyclic amines) is 1. The summed E-state index contributed by atoms with van der Waals surface area (Å²) in [5, 5.41) is 0. The molecule has 1 aromatic carbocycles. The van der Waals surface area contributed by atoms with Crippen molar-refractivity contribution in [2.45, 2.75) is 31.7 Å². The maximum atomic E-state index is 12.3. The van der Waals surface area contributed by atoms with E-state index in [-0.39, 0.29) is 17.9 Å². The molecule has 0 radical (unpaired) electrons. The van der Waals surface area contributed by atoms with Crippen molar-refractivity contribution in [3.63, 3.8) is 0 Å². The van der Waals surface area contributed by atoms with Gasteiger partial charge in [-0.05, 0) is 42.7 Å². The molecule has 1 unspecified atom stereocenters. The lowest BCUT2D eigenvalue weighted by molar-refractivity contribution is -0.132. The van der Waals surface area contributed by atoms with Gasteiger partial charge in [0, 0.05) is 13.1 Å². The maximum Gasteiger partial charge on any atom is 0.239 e.